The number of nitrogens with zero attached hydrogens (tertiary/aromatic N) is 5. The Hall–Kier alpha value is -4.98. The van der Waals surface area contributed by atoms with Crippen molar-refractivity contribution >= 4 is 61.2 Å². The zero-order valence-electron chi connectivity index (χ0n) is 20.7. The summed E-state index contributed by atoms with van der Waals surface area (Å²) >= 11 is 4.97. The molecule has 0 aliphatic heterocycles. The number of thiazole rings is 1. The van der Waals surface area contributed by atoms with E-state index in [0.29, 0.717) is 39.2 Å². The monoisotopic (exact) mass is 603 g/mol. The first kappa shape index (κ1) is 24.1. The predicted octanol–water partition coefficient (Wildman–Crippen LogP) is 7.89. The van der Waals surface area contributed by atoms with Crippen LogP contribution < -0.4 is 11.1 Å². The van der Waals surface area contributed by atoms with Crippen molar-refractivity contribution in [1.82, 2.24) is 19.6 Å². The molecule has 40 heavy (non-hydrogen) atoms. The third-order valence-electron chi connectivity index (χ3n) is 6.44. The number of fused-ring (bicyclic) bond motifs is 2. The zero-order valence-corrected chi connectivity index (χ0v) is 23.1. The molecule has 0 saturated carbocycles. The van der Waals surface area contributed by atoms with E-state index in [1.54, 1.807) is 0 Å². The van der Waals surface area contributed by atoms with E-state index in [-0.39, 0.29) is 11.4 Å². The number of hydrogen-bond donors (Lipinski definition) is 2. The molecule has 4 heterocycles. The summed E-state index contributed by atoms with van der Waals surface area (Å²) < 4.78 is 8.58. The maximum Gasteiger partial charge on any atom is 0.170 e. The lowest BCUT2D eigenvalue weighted by atomic mass is 10.1. The molecular weight excluding hydrogens is 586 g/mol. The number of para-hydroxylation sites is 1. The van der Waals surface area contributed by atoms with Crippen LogP contribution in [0.25, 0.3) is 49.9 Å². The maximum atomic E-state index is 10.0. The van der Waals surface area contributed by atoms with Gasteiger partial charge in [-0.15, -0.1) is 16.4 Å². The lowest BCUT2D eigenvalue weighted by molar-refractivity contribution is 0.629. The van der Waals surface area contributed by atoms with Gasteiger partial charge in [-0.3, -0.25) is 0 Å². The Morgan fingerprint density at radius 2 is 1.75 bits per heavy atom. The minimum atomic E-state index is 0.202. The van der Waals surface area contributed by atoms with Gasteiger partial charge in [-0.1, -0.05) is 64.5 Å². The zero-order chi connectivity index (χ0) is 27.2. The van der Waals surface area contributed by atoms with Crippen LogP contribution in [0.1, 0.15) is 5.56 Å². The molecule has 3 aromatic carbocycles. The molecular formula is C30H18BrN7OS. The minimum absolute atomic E-state index is 0.202. The average molecular weight is 604 g/mol. The summed E-state index contributed by atoms with van der Waals surface area (Å²) in [7, 11) is 0. The standard InChI is InChI=1S/C30H18BrN7OS/c31-19-11-12-23-18(13-19)14-24(39-23)22-16-40-30(35-22)25-28(34-20-9-5-2-6-10-20)37-38-27(33)21(15-32)26(36-29(25)38)17-7-3-1-4-8-17/h1-14,16H,33H2,(H,34,37). The van der Waals surface area contributed by atoms with Crippen LogP contribution in [0.5, 0.6) is 0 Å². The summed E-state index contributed by atoms with van der Waals surface area (Å²) in [5.41, 5.74) is 11.6. The van der Waals surface area contributed by atoms with Crippen molar-refractivity contribution in [3.05, 3.63) is 100 Å². The van der Waals surface area contributed by atoms with Crippen molar-refractivity contribution in [2.45, 2.75) is 0 Å². The molecule has 192 valence electrons. The van der Waals surface area contributed by atoms with E-state index in [9.17, 15) is 5.26 Å². The molecule has 0 spiro atoms. The van der Waals surface area contributed by atoms with Gasteiger partial charge < -0.3 is 15.5 Å². The van der Waals surface area contributed by atoms with Crippen LogP contribution in [-0.4, -0.2) is 19.6 Å². The van der Waals surface area contributed by atoms with E-state index in [2.05, 4.69) is 27.3 Å². The largest absolute Gasteiger partial charge is 0.454 e. The van der Waals surface area contributed by atoms with E-state index in [4.69, 9.17) is 25.2 Å². The lowest BCUT2D eigenvalue weighted by Gasteiger charge is -2.08. The Bertz CT molecular complexity index is 2070. The van der Waals surface area contributed by atoms with E-state index in [0.717, 1.165) is 26.7 Å². The Kier molecular flexibility index (Phi) is 5.81. The highest BCUT2D eigenvalue weighted by Crippen LogP contribution is 2.40. The molecule has 0 aliphatic rings. The topological polar surface area (TPSA) is 118 Å². The maximum absolute atomic E-state index is 10.0. The molecule has 3 N–H and O–H groups in total. The predicted molar refractivity (Wildman–Crippen MR) is 161 cm³/mol. The van der Waals surface area contributed by atoms with Crippen LogP contribution in [0.4, 0.5) is 17.3 Å². The summed E-state index contributed by atoms with van der Waals surface area (Å²) in [4.78, 5) is 9.88. The van der Waals surface area contributed by atoms with Crippen LogP contribution >= 0.6 is 27.3 Å². The van der Waals surface area contributed by atoms with Gasteiger partial charge in [0.05, 0.1) is 11.3 Å². The highest BCUT2D eigenvalue weighted by atomic mass is 79.9. The first-order chi connectivity index (χ1) is 19.6. The SMILES string of the molecule is N#Cc1c(-c2ccccc2)nc2c(-c3nc(-c4cc5cc(Br)ccc5o4)cs3)c(Nc3ccccc3)nn2c1N. The van der Waals surface area contributed by atoms with Crippen molar-refractivity contribution in [2.24, 2.45) is 0 Å². The normalized spacial score (nSPS) is 11.2. The number of rotatable bonds is 5. The first-order valence-electron chi connectivity index (χ1n) is 12.2. The molecule has 8 nitrogen and oxygen atoms in total. The Morgan fingerprint density at radius 1 is 0.975 bits per heavy atom. The van der Waals surface area contributed by atoms with Crippen LogP contribution in [0.15, 0.2) is 99.2 Å². The number of nitrogens with one attached hydrogen (secondary N) is 1. The van der Waals surface area contributed by atoms with Gasteiger partial charge >= 0.3 is 0 Å². The molecule has 7 aromatic rings. The molecule has 0 radical (unpaired) electrons. The third-order valence-corrected chi connectivity index (χ3v) is 7.80. The summed E-state index contributed by atoms with van der Waals surface area (Å²) in [6.07, 6.45) is 0. The number of nitrogen functional groups attached to an aromatic ring is 1. The van der Waals surface area contributed by atoms with Gasteiger partial charge in [-0.25, -0.2) is 9.97 Å². The fourth-order valence-electron chi connectivity index (χ4n) is 4.57. The van der Waals surface area contributed by atoms with Crippen molar-refractivity contribution in [1.29, 1.82) is 5.26 Å². The fourth-order valence-corrected chi connectivity index (χ4v) is 5.80. The third kappa shape index (κ3) is 4.09. The van der Waals surface area contributed by atoms with Crippen LogP contribution in [0, 0.1) is 11.3 Å². The summed E-state index contributed by atoms with van der Waals surface area (Å²) in [5, 5.41) is 21.8. The second kappa shape index (κ2) is 9.64. The van der Waals surface area contributed by atoms with E-state index >= 15 is 0 Å². The summed E-state index contributed by atoms with van der Waals surface area (Å²) in [5.74, 6) is 1.39. The molecule has 0 bridgehead atoms. The average Bonchev–Trinajstić information content (AvgIpc) is 3.70. The smallest absolute Gasteiger partial charge is 0.170 e. The second-order valence-electron chi connectivity index (χ2n) is 8.98. The van der Waals surface area contributed by atoms with Crippen molar-refractivity contribution in [2.75, 3.05) is 11.1 Å². The molecule has 4 aromatic heterocycles. The molecule has 0 fully saturated rings. The lowest BCUT2D eigenvalue weighted by Crippen LogP contribution is -2.06. The second-order valence-corrected chi connectivity index (χ2v) is 10.8. The van der Waals surface area contributed by atoms with E-state index < -0.39 is 0 Å². The van der Waals surface area contributed by atoms with Crippen molar-refractivity contribution in [3.8, 4) is 39.4 Å². The quantitative estimate of drug-likeness (QED) is 0.205. The van der Waals surface area contributed by atoms with Crippen LogP contribution in [0.2, 0.25) is 0 Å². The van der Waals surface area contributed by atoms with Gasteiger partial charge in [0, 0.05) is 26.5 Å². The Balaban J connectivity index is 1.44. The van der Waals surface area contributed by atoms with E-state index in [1.807, 2.05) is 90.3 Å². The van der Waals surface area contributed by atoms with Gasteiger partial charge in [0.2, 0.25) is 0 Å². The van der Waals surface area contributed by atoms with Crippen molar-refractivity contribution < 1.29 is 4.42 Å². The summed E-state index contributed by atoms with van der Waals surface area (Å²) in [6.45, 7) is 0. The number of benzene rings is 3. The molecule has 0 saturated heterocycles. The van der Waals surface area contributed by atoms with Gasteiger partial charge in [-0.2, -0.15) is 9.78 Å². The first-order valence-corrected chi connectivity index (χ1v) is 13.9. The highest BCUT2D eigenvalue weighted by Gasteiger charge is 2.25. The number of furan rings is 1. The minimum Gasteiger partial charge on any atom is -0.454 e. The molecule has 0 amide bonds. The fraction of sp³-hybridized carbons (Fsp3) is 0. The number of halogens is 1. The van der Waals surface area contributed by atoms with Crippen molar-refractivity contribution in [3.63, 3.8) is 0 Å². The van der Waals surface area contributed by atoms with Gasteiger partial charge in [0.25, 0.3) is 0 Å². The summed E-state index contributed by atoms with van der Waals surface area (Å²) in [6, 6.07) is 29.3. The van der Waals surface area contributed by atoms with E-state index in [1.165, 1.54) is 15.9 Å². The number of anilines is 3. The molecule has 0 atom stereocenters. The molecule has 10 heteroatoms. The van der Waals surface area contributed by atoms with Gasteiger partial charge in [-0.05, 0) is 36.4 Å². The number of hydrogen-bond acceptors (Lipinski definition) is 8. The number of nitriles is 1. The number of nitrogens with two attached hydrogens (primary N) is 1. The molecule has 7 rings (SSSR count). The highest BCUT2D eigenvalue weighted by molar-refractivity contribution is 9.10. The van der Waals surface area contributed by atoms with Gasteiger partial charge in [0.1, 0.15) is 33.7 Å². The van der Waals surface area contributed by atoms with Crippen LogP contribution in [0.3, 0.4) is 0 Å². The number of aromatic nitrogens is 4. The molecule has 0 aliphatic carbocycles. The molecule has 0 unspecified atom stereocenters. The Morgan fingerprint density at radius 3 is 2.52 bits per heavy atom. The van der Waals surface area contributed by atoms with Crippen LogP contribution in [-0.2, 0) is 0 Å². The van der Waals surface area contributed by atoms with Gasteiger partial charge in [0.15, 0.2) is 17.2 Å². The Labute approximate surface area is 240 Å².